The fourth-order valence-electron chi connectivity index (χ4n) is 3.10. The fraction of sp³-hybridized carbons (Fsp3) is 0.625. The topological polar surface area (TPSA) is 15.3 Å². The molecule has 2 nitrogen and oxygen atoms in total. The van der Waals surface area contributed by atoms with Gasteiger partial charge in [-0.15, -0.1) is 0 Å². The van der Waals surface area contributed by atoms with Crippen molar-refractivity contribution in [2.45, 2.75) is 44.7 Å². The Bertz CT molecular complexity index is 369. The van der Waals surface area contributed by atoms with Crippen molar-refractivity contribution in [3.63, 3.8) is 0 Å². The van der Waals surface area contributed by atoms with Crippen molar-refractivity contribution < 1.29 is 4.39 Å². The molecule has 1 unspecified atom stereocenters. The highest BCUT2D eigenvalue weighted by atomic mass is 19.1. The minimum atomic E-state index is -0.172. The molecule has 1 N–H and O–H groups in total. The predicted molar refractivity (Wildman–Crippen MR) is 80.0 cm³/mol. The van der Waals surface area contributed by atoms with Crippen molar-refractivity contribution >= 4 is 0 Å². The van der Waals surface area contributed by atoms with Crippen LogP contribution in [0, 0.1) is 5.82 Å². The quantitative estimate of drug-likeness (QED) is 0.816. The van der Waals surface area contributed by atoms with Gasteiger partial charge < -0.3 is 10.2 Å². The Morgan fingerprint density at radius 1 is 1.16 bits per heavy atom. The van der Waals surface area contributed by atoms with Gasteiger partial charge in [0.1, 0.15) is 5.82 Å². The van der Waals surface area contributed by atoms with E-state index in [0.29, 0.717) is 6.04 Å². The minimum absolute atomic E-state index is 0.128. The van der Waals surface area contributed by atoms with Gasteiger partial charge in [-0.05, 0) is 58.1 Å². The molecule has 0 saturated carbocycles. The zero-order chi connectivity index (χ0) is 14.5. The first-order valence-electron chi connectivity index (χ1n) is 7.09. The van der Waals surface area contributed by atoms with Crippen molar-refractivity contribution in [3.05, 3.63) is 35.6 Å². The van der Waals surface area contributed by atoms with Gasteiger partial charge >= 0.3 is 0 Å². The molecule has 0 bridgehead atoms. The number of rotatable bonds is 7. The Balaban J connectivity index is 2.95. The van der Waals surface area contributed by atoms with Crippen molar-refractivity contribution in [1.29, 1.82) is 0 Å². The summed E-state index contributed by atoms with van der Waals surface area (Å²) in [7, 11) is 6.29. The molecule has 1 aromatic rings. The van der Waals surface area contributed by atoms with Crippen LogP contribution in [-0.2, 0) is 6.42 Å². The molecule has 0 aromatic heterocycles. The first-order chi connectivity index (χ1) is 9.00. The highest BCUT2D eigenvalue weighted by Crippen LogP contribution is 2.28. The summed E-state index contributed by atoms with van der Waals surface area (Å²) in [4.78, 5) is 2.32. The second-order valence-corrected chi connectivity index (χ2v) is 5.38. The summed E-state index contributed by atoms with van der Waals surface area (Å²) in [6.45, 7) is 4.47. The fourth-order valence-corrected chi connectivity index (χ4v) is 3.10. The summed E-state index contributed by atoms with van der Waals surface area (Å²) in [6.07, 6.45) is 3.09. The van der Waals surface area contributed by atoms with E-state index in [2.05, 4.69) is 38.2 Å². The third kappa shape index (κ3) is 3.54. The maximum absolute atomic E-state index is 13.0. The maximum Gasteiger partial charge on any atom is 0.123 e. The van der Waals surface area contributed by atoms with Crippen molar-refractivity contribution in [3.8, 4) is 0 Å². The molecule has 3 heteroatoms. The van der Waals surface area contributed by atoms with Gasteiger partial charge in [0.05, 0.1) is 0 Å². The van der Waals surface area contributed by atoms with E-state index in [-0.39, 0.29) is 11.4 Å². The lowest BCUT2D eigenvalue weighted by Crippen LogP contribution is -2.58. The SMILES string of the molecule is CCC(CC)(C(Cc1ccc(F)cc1)NC)N(C)C. The third-order valence-corrected chi connectivity index (χ3v) is 4.47. The smallest absolute Gasteiger partial charge is 0.123 e. The summed E-state index contributed by atoms with van der Waals surface area (Å²) in [5, 5.41) is 3.45. The Hall–Kier alpha value is -0.930. The average molecular weight is 266 g/mol. The van der Waals surface area contributed by atoms with Crippen LogP contribution in [0.15, 0.2) is 24.3 Å². The molecule has 0 amide bonds. The third-order valence-electron chi connectivity index (χ3n) is 4.47. The van der Waals surface area contributed by atoms with E-state index in [0.717, 1.165) is 19.3 Å². The zero-order valence-electron chi connectivity index (χ0n) is 12.8. The maximum atomic E-state index is 13.0. The van der Waals surface area contributed by atoms with E-state index < -0.39 is 0 Å². The molecular weight excluding hydrogens is 239 g/mol. The van der Waals surface area contributed by atoms with E-state index in [4.69, 9.17) is 0 Å². The summed E-state index contributed by atoms with van der Waals surface area (Å²) >= 11 is 0. The normalized spacial score (nSPS) is 13.8. The molecule has 1 rings (SSSR count). The summed E-state index contributed by atoms with van der Waals surface area (Å²) in [6, 6.07) is 7.19. The van der Waals surface area contributed by atoms with Crippen LogP contribution in [0.5, 0.6) is 0 Å². The van der Waals surface area contributed by atoms with Gasteiger partial charge in [-0.1, -0.05) is 26.0 Å². The molecular formula is C16H27FN2. The monoisotopic (exact) mass is 266 g/mol. The van der Waals surface area contributed by atoms with E-state index in [1.54, 1.807) is 0 Å². The highest BCUT2D eigenvalue weighted by Gasteiger charge is 2.36. The van der Waals surface area contributed by atoms with Gasteiger partial charge in [-0.2, -0.15) is 0 Å². The molecule has 0 aliphatic heterocycles. The first-order valence-corrected chi connectivity index (χ1v) is 7.09. The molecule has 1 aromatic carbocycles. The summed E-state index contributed by atoms with van der Waals surface area (Å²) < 4.78 is 13.0. The second kappa shape index (κ2) is 7.01. The molecule has 108 valence electrons. The van der Waals surface area contributed by atoms with Crippen LogP contribution < -0.4 is 5.32 Å². The van der Waals surface area contributed by atoms with Gasteiger partial charge in [0.25, 0.3) is 0 Å². The molecule has 0 saturated heterocycles. The lowest BCUT2D eigenvalue weighted by atomic mass is 9.80. The van der Waals surface area contributed by atoms with Gasteiger partial charge in [0.2, 0.25) is 0 Å². The molecule has 0 heterocycles. The van der Waals surface area contributed by atoms with Crippen LogP contribution in [0.2, 0.25) is 0 Å². The van der Waals surface area contributed by atoms with Gasteiger partial charge in [-0.25, -0.2) is 4.39 Å². The number of nitrogens with zero attached hydrogens (tertiary/aromatic N) is 1. The molecule has 1 atom stereocenters. The Morgan fingerprint density at radius 3 is 2.05 bits per heavy atom. The van der Waals surface area contributed by atoms with E-state index in [9.17, 15) is 4.39 Å². The van der Waals surface area contributed by atoms with Crippen LogP contribution in [-0.4, -0.2) is 37.6 Å². The van der Waals surface area contributed by atoms with Crippen LogP contribution >= 0.6 is 0 Å². The van der Waals surface area contributed by atoms with Crippen LogP contribution in [0.1, 0.15) is 32.3 Å². The standard InChI is InChI=1S/C16H27FN2/c1-6-16(7-2,19(4)5)15(18-3)12-13-8-10-14(17)11-9-13/h8-11,15,18H,6-7,12H2,1-5H3. The van der Waals surface area contributed by atoms with Gasteiger partial charge in [0, 0.05) is 11.6 Å². The molecule has 19 heavy (non-hydrogen) atoms. The van der Waals surface area contributed by atoms with Crippen molar-refractivity contribution in [1.82, 2.24) is 10.2 Å². The number of benzene rings is 1. The molecule has 0 aliphatic rings. The van der Waals surface area contributed by atoms with Gasteiger partial charge in [-0.3, -0.25) is 0 Å². The van der Waals surface area contributed by atoms with E-state index in [1.165, 1.54) is 17.7 Å². The first kappa shape index (κ1) is 16.1. The lowest BCUT2D eigenvalue weighted by Gasteiger charge is -2.45. The van der Waals surface area contributed by atoms with E-state index >= 15 is 0 Å². The predicted octanol–water partition coefficient (Wildman–Crippen LogP) is 3.08. The second-order valence-electron chi connectivity index (χ2n) is 5.38. The Morgan fingerprint density at radius 2 is 1.68 bits per heavy atom. The minimum Gasteiger partial charge on any atom is -0.315 e. The van der Waals surface area contributed by atoms with Crippen molar-refractivity contribution in [2.75, 3.05) is 21.1 Å². The Labute approximate surface area is 117 Å². The number of hydrogen-bond acceptors (Lipinski definition) is 2. The number of likely N-dealkylation sites (N-methyl/N-ethyl adjacent to an activating group) is 2. The van der Waals surface area contributed by atoms with Gasteiger partial charge in [0.15, 0.2) is 0 Å². The zero-order valence-corrected chi connectivity index (χ0v) is 12.8. The molecule has 0 radical (unpaired) electrons. The van der Waals surface area contributed by atoms with E-state index in [1.807, 2.05) is 19.2 Å². The largest absolute Gasteiger partial charge is 0.315 e. The molecule has 0 aliphatic carbocycles. The lowest BCUT2D eigenvalue weighted by molar-refractivity contribution is 0.0917. The Kier molecular flexibility index (Phi) is 5.95. The van der Waals surface area contributed by atoms with Crippen molar-refractivity contribution in [2.24, 2.45) is 0 Å². The summed E-state index contributed by atoms with van der Waals surface area (Å²) in [5.74, 6) is -0.172. The number of nitrogens with one attached hydrogen (secondary N) is 1. The number of halogens is 1. The highest BCUT2D eigenvalue weighted by molar-refractivity contribution is 5.19. The number of hydrogen-bond donors (Lipinski definition) is 1. The average Bonchev–Trinajstić information content (AvgIpc) is 2.41. The van der Waals surface area contributed by atoms with Crippen LogP contribution in [0.4, 0.5) is 4.39 Å². The molecule has 0 fully saturated rings. The van der Waals surface area contributed by atoms with Crippen LogP contribution in [0.3, 0.4) is 0 Å². The molecule has 0 spiro atoms. The van der Waals surface area contributed by atoms with Crippen LogP contribution in [0.25, 0.3) is 0 Å². The summed E-state index contributed by atoms with van der Waals surface area (Å²) in [5.41, 5.74) is 1.30.